The summed E-state index contributed by atoms with van der Waals surface area (Å²) < 4.78 is 28.0. The molecule has 2 N–H and O–H groups in total. The molecule has 106 valence electrons. The van der Waals surface area contributed by atoms with Gasteiger partial charge in [-0.3, -0.25) is 0 Å². The van der Waals surface area contributed by atoms with Crippen molar-refractivity contribution < 1.29 is 8.78 Å². The van der Waals surface area contributed by atoms with Crippen LogP contribution in [0.1, 0.15) is 18.5 Å². The maximum atomic E-state index is 13.7. The SMILES string of the molecule is CNc1nc(NC(C)c2cccc(Br)c2)c(F)cc1F. The van der Waals surface area contributed by atoms with Gasteiger partial charge >= 0.3 is 0 Å². The minimum absolute atomic E-state index is 0.00958. The first-order valence-electron chi connectivity index (χ1n) is 6.07. The van der Waals surface area contributed by atoms with Crippen LogP contribution in [0.25, 0.3) is 0 Å². The van der Waals surface area contributed by atoms with Gasteiger partial charge < -0.3 is 10.6 Å². The van der Waals surface area contributed by atoms with Crippen LogP contribution < -0.4 is 10.6 Å². The molecule has 20 heavy (non-hydrogen) atoms. The fraction of sp³-hybridized carbons (Fsp3) is 0.214. The molecular weight excluding hydrogens is 328 g/mol. The van der Waals surface area contributed by atoms with Crippen molar-refractivity contribution >= 4 is 27.6 Å². The molecule has 0 radical (unpaired) electrons. The second-order valence-electron chi connectivity index (χ2n) is 4.32. The minimum Gasteiger partial charge on any atom is -0.371 e. The highest BCUT2D eigenvalue weighted by Gasteiger charge is 2.14. The summed E-state index contributed by atoms with van der Waals surface area (Å²) in [5.41, 5.74) is 0.968. The van der Waals surface area contributed by atoms with Gasteiger partial charge in [0.15, 0.2) is 23.3 Å². The molecule has 0 fully saturated rings. The summed E-state index contributed by atoms with van der Waals surface area (Å²) in [6, 6.07) is 8.30. The monoisotopic (exact) mass is 341 g/mol. The number of hydrogen-bond donors (Lipinski definition) is 2. The van der Waals surface area contributed by atoms with Crippen LogP contribution in [0.15, 0.2) is 34.8 Å². The number of hydrogen-bond acceptors (Lipinski definition) is 3. The van der Waals surface area contributed by atoms with E-state index in [1.807, 2.05) is 31.2 Å². The van der Waals surface area contributed by atoms with Gasteiger partial charge in [-0.2, -0.15) is 0 Å². The first-order chi connectivity index (χ1) is 9.51. The van der Waals surface area contributed by atoms with E-state index in [0.29, 0.717) is 0 Å². The van der Waals surface area contributed by atoms with Crippen LogP contribution in [0.3, 0.4) is 0 Å². The zero-order chi connectivity index (χ0) is 14.7. The van der Waals surface area contributed by atoms with Crippen molar-refractivity contribution in [2.24, 2.45) is 0 Å². The highest BCUT2D eigenvalue weighted by Crippen LogP contribution is 2.24. The molecule has 0 aliphatic rings. The molecule has 2 rings (SSSR count). The summed E-state index contributed by atoms with van der Waals surface area (Å²) in [6.45, 7) is 1.88. The molecular formula is C14H14BrF2N3. The number of nitrogens with one attached hydrogen (secondary N) is 2. The van der Waals surface area contributed by atoms with Gasteiger partial charge in [-0.25, -0.2) is 13.8 Å². The predicted molar refractivity (Wildman–Crippen MR) is 79.9 cm³/mol. The third-order valence-electron chi connectivity index (χ3n) is 2.87. The van der Waals surface area contributed by atoms with Crippen LogP contribution >= 0.6 is 15.9 Å². The molecule has 2 aromatic rings. The van der Waals surface area contributed by atoms with E-state index in [2.05, 4.69) is 31.5 Å². The van der Waals surface area contributed by atoms with Crippen molar-refractivity contribution in [1.82, 2.24) is 4.98 Å². The highest BCUT2D eigenvalue weighted by atomic mass is 79.9. The fourth-order valence-corrected chi connectivity index (χ4v) is 2.22. The molecule has 3 nitrogen and oxygen atoms in total. The lowest BCUT2D eigenvalue weighted by atomic mass is 10.1. The normalized spacial score (nSPS) is 12.1. The van der Waals surface area contributed by atoms with E-state index in [4.69, 9.17) is 0 Å². The van der Waals surface area contributed by atoms with Gasteiger partial charge in [0.25, 0.3) is 0 Å². The predicted octanol–water partition coefficient (Wildman–Crippen LogP) is 4.34. The van der Waals surface area contributed by atoms with E-state index in [0.717, 1.165) is 16.1 Å². The zero-order valence-corrected chi connectivity index (χ0v) is 12.6. The van der Waals surface area contributed by atoms with Crippen molar-refractivity contribution in [2.45, 2.75) is 13.0 Å². The first kappa shape index (κ1) is 14.7. The molecule has 0 aliphatic carbocycles. The number of aromatic nitrogens is 1. The van der Waals surface area contributed by atoms with Crippen LogP contribution in [0.4, 0.5) is 20.4 Å². The Labute approximate surface area is 124 Å². The summed E-state index contributed by atoms with van der Waals surface area (Å²) in [4.78, 5) is 3.89. The lowest BCUT2D eigenvalue weighted by Crippen LogP contribution is -2.11. The molecule has 1 aromatic heterocycles. The van der Waals surface area contributed by atoms with Gasteiger partial charge in [-0.05, 0) is 24.6 Å². The largest absolute Gasteiger partial charge is 0.371 e. The number of rotatable bonds is 4. The van der Waals surface area contributed by atoms with E-state index < -0.39 is 11.6 Å². The molecule has 0 bridgehead atoms. The Morgan fingerprint density at radius 3 is 2.50 bits per heavy atom. The summed E-state index contributed by atoms with van der Waals surface area (Å²) in [7, 11) is 1.53. The van der Waals surface area contributed by atoms with Crippen molar-refractivity contribution in [3.63, 3.8) is 0 Å². The average molecular weight is 342 g/mol. The van der Waals surface area contributed by atoms with Gasteiger partial charge in [0.05, 0.1) is 6.04 Å². The Bertz CT molecular complexity index is 619. The maximum Gasteiger partial charge on any atom is 0.168 e. The third kappa shape index (κ3) is 3.25. The van der Waals surface area contributed by atoms with E-state index in [9.17, 15) is 8.78 Å². The smallest absolute Gasteiger partial charge is 0.168 e. The van der Waals surface area contributed by atoms with E-state index >= 15 is 0 Å². The molecule has 0 saturated heterocycles. The first-order valence-corrected chi connectivity index (χ1v) is 6.86. The van der Waals surface area contributed by atoms with Crippen LogP contribution in [0.5, 0.6) is 0 Å². The minimum atomic E-state index is -0.719. The van der Waals surface area contributed by atoms with E-state index in [-0.39, 0.29) is 17.7 Å². The second-order valence-corrected chi connectivity index (χ2v) is 5.24. The van der Waals surface area contributed by atoms with Crippen molar-refractivity contribution in [1.29, 1.82) is 0 Å². The molecule has 6 heteroatoms. The van der Waals surface area contributed by atoms with E-state index in [1.165, 1.54) is 7.05 Å². The molecule has 1 heterocycles. The number of halogens is 3. The van der Waals surface area contributed by atoms with Crippen LogP contribution in [-0.4, -0.2) is 12.0 Å². The summed E-state index contributed by atoms with van der Waals surface area (Å²) in [5.74, 6) is -1.41. The lowest BCUT2D eigenvalue weighted by molar-refractivity contribution is 0.577. The third-order valence-corrected chi connectivity index (χ3v) is 3.36. The standard InChI is InChI=1S/C14H14BrF2N3/c1-8(9-4-3-5-10(15)6-9)19-14-12(17)7-11(16)13(18-2)20-14/h3-8H,1-2H3,(H2,18,19,20). The maximum absolute atomic E-state index is 13.7. The summed E-state index contributed by atoms with van der Waals surface area (Å²) >= 11 is 3.39. The number of pyridine rings is 1. The molecule has 1 atom stereocenters. The zero-order valence-electron chi connectivity index (χ0n) is 11.0. The Kier molecular flexibility index (Phi) is 4.54. The summed E-state index contributed by atoms with van der Waals surface area (Å²) in [6.07, 6.45) is 0. The number of benzene rings is 1. The van der Waals surface area contributed by atoms with Gasteiger partial charge in [-0.15, -0.1) is 0 Å². The molecule has 0 amide bonds. The van der Waals surface area contributed by atoms with Crippen LogP contribution in [-0.2, 0) is 0 Å². The average Bonchev–Trinajstić information content (AvgIpc) is 2.41. The quantitative estimate of drug-likeness (QED) is 0.868. The lowest BCUT2D eigenvalue weighted by Gasteiger charge is -2.16. The Morgan fingerprint density at radius 2 is 1.85 bits per heavy atom. The molecule has 1 aromatic carbocycles. The number of anilines is 2. The van der Waals surface area contributed by atoms with Crippen molar-refractivity contribution in [2.75, 3.05) is 17.7 Å². The molecule has 0 saturated carbocycles. The van der Waals surface area contributed by atoms with Gasteiger partial charge in [0, 0.05) is 17.6 Å². The van der Waals surface area contributed by atoms with Crippen molar-refractivity contribution in [3.8, 4) is 0 Å². The summed E-state index contributed by atoms with van der Waals surface area (Å²) in [5, 5.41) is 5.53. The van der Waals surface area contributed by atoms with Crippen LogP contribution in [0.2, 0.25) is 0 Å². The second kappa shape index (κ2) is 6.17. The Balaban J connectivity index is 2.25. The van der Waals surface area contributed by atoms with Gasteiger partial charge in [0.2, 0.25) is 0 Å². The van der Waals surface area contributed by atoms with Gasteiger partial charge in [0.1, 0.15) is 0 Å². The van der Waals surface area contributed by atoms with Crippen molar-refractivity contribution in [3.05, 3.63) is 52.0 Å². The highest BCUT2D eigenvalue weighted by molar-refractivity contribution is 9.10. The van der Waals surface area contributed by atoms with E-state index in [1.54, 1.807) is 0 Å². The molecule has 0 spiro atoms. The fourth-order valence-electron chi connectivity index (χ4n) is 1.81. The topological polar surface area (TPSA) is 37.0 Å². The molecule has 1 unspecified atom stereocenters. The number of nitrogens with zero attached hydrogens (tertiary/aromatic N) is 1. The van der Waals surface area contributed by atoms with Crippen LogP contribution in [0, 0.1) is 11.6 Å². The van der Waals surface area contributed by atoms with Gasteiger partial charge in [-0.1, -0.05) is 28.1 Å². The Hall–Kier alpha value is -1.69. The molecule has 0 aliphatic heterocycles. The Morgan fingerprint density at radius 1 is 1.15 bits per heavy atom.